The van der Waals surface area contributed by atoms with Crippen molar-refractivity contribution in [3.05, 3.63) is 35.4 Å². The predicted octanol–water partition coefficient (Wildman–Crippen LogP) is 3.12. The fraction of sp³-hybridized carbons (Fsp3) is 0.533. The Kier molecular flexibility index (Phi) is 4.02. The number of hydrogen-bond acceptors (Lipinski definition) is 2. The highest BCUT2D eigenvalue weighted by atomic mass is 16.5. The summed E-state index contributed by atoms with van der Waals surface area (Å²) in [6.45, 7) is 0.531. The molecule has 1 aromatic rings. The second-order valence-electron chi connectivity index (χ2n) is 5.08. The molecule has 0 saturated heterocycles. The zero-order chi connectivity index (χ0) is 13.0. The Morgan fingerprint density at radius 1 is 1.33 bits per heavy atom. The van der Waals surface area contributed by atoms with Gasteiger partial charge in [0.2, 0.25) is 0 Å². The number of ether oxygens (including phenoxy) is 1. The summed E-state index contributed by atoms with van der Waals surface area (Å²) in [5.41, 5.74) is 1.30. The van der Waals surface area contributed by atoms with E-state index in [4.69, 9.17) is 4.74 Å². The van der Waals surface area contributed by atoms with Gasteiger partial charge in [-0.25, -0.2) is 0 Å². The van der Waals surface area contributed by atoms with E-state index in [-0.39, 0.29) is 0 Å². The molecular formula is C15H20O3. The molecule has 0 atom stereocenters. The quantitative estimate of drug-likeness (QED) is 0.890. The van der Waals surface area contributed by atoms with Crippen molar-refractivity contribution in [3.8, 4) is 0 Å². The lowest BCUT2D eigenvalue weighted by molar-refractivity contribution is -0.145. The SMILES string of the molecule is COCc1cccc(C2(C(=O)O)CCCCC2)c1. The molecule has 0 aliphatic heterocycles. The van der Waals surface area contributed by atoms with Crippen LogP contribution in [0.1, 0.15) is 43.2 Å². The van der Waals surface area contributed by atoms with Crippen molar-refractivity contribution in [1.82, 2.24) is 0 Å². The molecule has 1 aliphatic rings. The van der Waals surface area contributed by atoms with Gasteiger partial charge in [0.05, 0.1) is 12.0 Å². The number of benzene rings is 1. The molecule has 98 valence electrons. The number of rotatable bonds is 4. The first-order chi connectivity index (χ1) is 8.69. The number of methoxy groups -OCH3 is 1. The van der Waals surface area contributed by atoms with Crippen molar-refractivity contribution in [2.24, 2.45) is 0 Å². The molecular weight excluding hydrogens is 228 g/mol. The zero-order valence-electron chi connectivity index (χ0n) is 10.8. The average molecular weight is 248 g/mol. The summed E-state index contributed by atoms with van der Waals surface area (Å²) in [5.74, 6) is -0.684. The Morgan fingerprint density at radius 2 is 2.06 bits per heavy atom. The minimum atomic E-state index is -0.684. The van der Waals surface area contributed by atoms with E-state index in [0.29, 0.717) is 6.61 Å². The van der Waals surface area contributed by atoms with Gasteiger partial charge in [0, 0.05) is 7.11 Å². The molecule has 1 saturated carbocycles. The number of carboxylic acids is 1. The maximum atomic E-state index is 11.7. The van der Waals surface area contributed by atoms with Crippen LogP contribution < -0.4 is 0 Å². The zero-order valence-corrected chi connectivity index (χ0v) is 10.8. The van der Waals surface area contributed by atoms with Crippen LogP contribution in [0, 0.1) is 0 Å². The normalized spacial score (nSPS) is 18.5. The fourth-order valence-corrected chi connectivity index (χ4v) is 2.91. The molecule has 0 bridgehead atoms. The average Bonchev–Trinajstić information content (AvgIpc) is 2.40. The number of aliphatic carboxylic acids is 1. The fourth-order valence-electron chi connectivity index (χ4n) is 2.91. The van der Waals surface area contributed by atoms with E-state index >= 15 is 0 Å². The maximum Gasteiger partial charge on any atom is 0.314 e. The molecule has 1 aliphatic carbocycles. The van der Waals surface area contributed by atoms with Gasteiger partial charge in [-0.15, -0.1) is 0 Å². The molecule has 3 nitrogen and oxygen atoms in total. The molecule has 0 radical (unpaired) electrons. The summed E-state index contributed by atoms with van der Waals surface area (Å²) >= 11 is 0. The Hall–Kier alpha value is -1.35. The highest BCUT2D eigenvalue weighted by molar-refractivity contribution is 5.81. The van der Waals surface area contributed by atoms with Crippen LogP contribution in [0.5, 0.6) is 0 Å². The lowest BCUT2D eigenvalue weighted by Gasteiger charge is -2.33. The van der Waals surface area contributed by atoms with Crippen molar-refractivity contribution < 1.29 is 14.6 Å². The first-order valence-corrected chi connectivity index (χ1v) is 6.51. The molecule has 3 heteroatoms. The molecule has 0 heterocycles. The Morgan fingerprint density at radius 3 is 2.67 bits per heavy atom. The largest absolute Gasteiger partial charge is 0.481 e. The minimum absolute atomic E-state index is 0.531. The van der Waals surface area contributed by atoms with Gasteiger partial charge in [0.25, 0.3) is 0 Å². The van der Waals surface area contributed by atoms with Crippen molar-refractivity contribution in [2.45, 2.75) is 44.1 Å². The standard InChI is InChI=1S/C15H20O3/c1-18-11-12-6-5-7-13(10-12)15(14(16)17)8-3-2-4-9-15/h5-7,10H,2-4,8-9,11H2,1H3,(H,16,17). The lowest BCUT2D eigenvalue weighted by atomic mass is 9.69. The van der Waals surface area contributed by atoms with Crippen LogP contribution in [-0.4, -0.2) is 18.2 Å². The molecule has 0 spiro atoms. The van der Waals surface area contributed by atoms with Crippen molar-refractivity contribution in [2.75, 3.05) is 7.11 Å². The topological polar surface area (TPSA) is 46.5 Å². The van der Waals surface area contributed by atoms with Gasteiger partial charge in [-0.05, 0) is 24.0 Å². The van der Waals surface area contributed by atoms with Crippen LogP contribution in [0.15, 0.2) is 24.3 Å². The summed E-state index contributed by atoms with van der Waals surface area (Å²) in [7, 11) is 1.65. The van der Waals surface area contributed by atoms with Crippen LogP contribution in [-0.2, 0) is 21.6 Å². The van der Waals surface area contributed by atoms with E-state index in [2.05, 4.69) is 0 Å². The van der Waals surface area contributed by atoms with Crippen molar-refractivity contribution >= 4 is 5.97 Å². The van der Waals surface area contributed by atoms with Crippen LogP contribution >= 0.6 is 0 Å². The summed E-state index contributed by atoms with van der Waals surface area (Å²) in [5, 5.41) is 9.63. The third kappa shape index (κ3) is 2.41. The lowest BCUT2D eigenvalue weighted by Crippen LogP contribution is -2.37. The minimum Gasteiger partial charge on any atom is -0.481 e. The highest BCUT2D eigenvalue weighted by Gasteiger charge is 2.41. The summed E-state index contributed by atoms with van der Waals surface area (Å²) < 4.78 is 5.12. The summed E-state index contributed by atoms with van der Waals surface area (Å²) in [6.07, 6.45) is 4.64. The predicted molar refractivity (Wildman–Crippen MR) is 69.6 cm³/mol. The van der Waals surface area contributed by atoms with E-state index in [9.17, 15) is 9.90 Å². The number of hydrogen-bond donors (Lipinski definition) is 1. The van der Waals surface area contributed by atoms with Crippen LogP contribution in [0.25, 0.3) is 0 Å². The van der Waals surface area contributed by atoms with Gasteiger partial charge >= 0.3 is 5.97 Å². The van der Waals surface area contributed by atoms with E-state index < -0.39 is 11.4 Å². The Balaban J connectivity index is 2.36. The van der Waals surface area contributed by atoms with E-state index in [0.717, 1.165) is 43.2 Å². The van der Waals surface area contributed by atoms with Crippen LogP contribution in [0.3, 0.4) is 0 Å². The molecule has 18 heavy (non-hydrogen) atoms. The Bertz CT molecular complexity index is 420. The Labute approximate surface area is 108 Å². The monoisotopic (exact) mass is 248 g/mol. The molecule has 1 N–H and O–H groups in total. The van der Waals surface area contributed by atoms with Gasteiger partial charge in [0.15, 0.2) is 0 Å². The van der Waals surface area contributed by atoms with Crippen molar-refractivity contribution in [3.63, 3.8) is 0 Å². The molecule has 2 rings (SSSR count). The maximum absolute atomic E-state index is 11.7. The second kappa shape index (κ2) is 5.53. The number of carbonyl (C=O) groups is 1. The van der Waals surface area contributed by atoms with Gasteiger partial charge < -0.3 is 9.84 Å². The van der Waals surface area contributed by atoms with Gasteiger partial charge in [-0.3, -0.25) is 4.79 Å². The third-order valence-corrected chi connectivity index (χ3v) is 3.91. The molecule has 0 amide bonds. The van der Waals surface area contributed by atoms with Crippen LogP contribution in [0.4, 0.5) is 0 Å². The van der Waals surface area contributed by atoms with E-state index in [1.165, 1.54) is 0 Å². The molecule has 1 aromatic carbocycles. The first kappa shape index (κ1) is 13.1. The summed E-state index contributed by atoms with van der Waals surface area (Å²) in [6, 6.07) is 7.84. The smallest absolute Gasteiger partial charge is 0.314 e. The highest BCUT2D eigenvalue weighted by Crippen LogP contribution is 2.40. The van der Waals surface area contributed by atoms with Gasteiger partial charge in [-0.2, -0.15) is 0 Å². The molecule has 0 unspecified atom stereocenters. The van der Waals surface area contributed by atoms with E-state index in [1.807, 2.05) is 24.3 Å². The second-order valence-corrected chi connectivity index (χ2v) is 5.08. The van der Waals surface area contributed by atoms with Gasteiger partial charge in [-0.1, -0.05) is 43.5 Å². The van der Waals surface area contributed by atoms with Gasteiger partial charge in [0.1, 0.15) is 0 Å². The summed E-state index contributed by atoms with van der Waals surface area (Å²) in [4.78, 5) is 11.7. The third-order valence-electron chi connectivity index (χ3n) is 3.91. The van der Waals surface area contributed by atoms with E-state index in [1.54, 1.807) is 7.11 Å². The van der Waals surface area contributed by atoms with Crippen molar-refractivity contribution in [1.29, 1.82) is 0 Å². The first-order valence-electron chi connectivity index (χ1n) is 6.51. The molecule has 1 fully saturated rings. The van der Waals surface area contributed by atoms with Crippen LogP contribution in [0.2, 0.25) is 0 Å². The number of carboxylic acid groups (broad SMARTS) is 1. The molecule has 0 aromatic heterocycles.